The number of aromatic nitrogens is 5. The normalized spacial score (nSPS) is 13.7. The van der Waals surface area contributed by atoms with Crippen molar-refractivity contribution in [2.75, 3.05) is 6.61 Å². The second-order valence-corrected chi connectivity index (χ2v) is 9.41. The lowest BCUT2D eigenvalue weighted by atomic mass is 9.96. The molecular formula is C28H33N5O4. The van der Waals surface area contributed by atoms with Crippen LogP contribution in [-0.2, 0) is 26.1 Å². The monoisotopic (exact) mass is 503 g/mol. The number of rotatable bonds is 10. The minimum atomic E-state index is -0.414. The van der Waals surface area contributed by atoms with Gasteiger partial charge in [-0.1, -0.05) is 37.3 Å². The highest BCUT2D eigenvalue weighted by Crippen LogP contribution is 2.30. The van der Waals surface area contributed by atoms with E-state index in [-0.39, 0.29) is 19.3 Å². The molecule has 4 aromatic rings. The minimum Gasteiger partial charge on any atom is -0.474 e. The summed E-state index contributed by atoms with van der Waals surface area (Å²) in [7, 11) is 0. The third kappa shape index (κ3) is 4.71. The summed E-state index contributed by atoms with van der Waals surface area (Å²) in [6, 6.07) is 13.7. The minimum absolute atomic E-state index is 0.106. The maximum atomic E-state index is 13.7. The molecule has 9 heteroatoms. The second-order valence-electron chi connectivity index (χ2n) is 9.41. The van der Waals surface area contributed by atoms with Crippen molar-refractivity contribution in [2.24, 2.45) is 0 Å². The fraction of sp³-hybridized carbons (Fsp3) is 0.429. The zero-order chi connectivity index (χ0) is 25.9. The zero-order valence-corrected chi connectivity index (χ0v) is 21.4. The standard InChI is InChI=1S/C28H33N5O4/c1-3-22-21(14-15-23(29-22)37-20-12-8-13-20)25-30-26-24(33(25)18-19-10-6-5-7-11-19)27(35)32(16-9-17-34)28(36)31(26)4-2/h5-7,10-11,14-15,20,34H,3-4,8-9,12-13,16-18H2,1-2H3. The summed E-state index contributed by atoms with van der Waals surface area (Å²) in [5.41, 5.74) is 2.57. The number of aliphatic hydroxyl groups is 1. The summed E-state index contributed by atoms with van der Waals surface area (Å²) in [5, 5.41) is 9.35. The first-order valence-electron chi connectivity index (χ1n) is 13.1. The summed E-state index contributed by atoms with van der Waals surface area (Å²) in [6.07, 6.45) is 4.48. The van der Waals surface area contributed by atoms with Crippen LogP contribution in [0.4, 0.5) is 0 Å². The molecule has 0 atom stereocenters. The summed E-state index contributed by atoms with van der Waals surface area (Å²) >= 11 is 0. The van der Waals surface area contributed by atoms with E-state index in [0.717, 1.165) is 29.7 Å². The van der Waals surface area contributed by atoms with Gasteiger partial charge in [0.2, 0.25) is 5.88 Å². The molecule has 0 radical (unpaired) electrons. The summed E-state index contributed by atoms with van der Waals surface area (Å²) in [4.78, 5) is 36.6. The van der Waals surface area contributed by atoms with Crippen LogP contribution in [0, 0.1) is 0 Å². The lowest BCUT2D eigenvalue weighted by molar-refractivity contribution is 0.114. The molecule has 1 aromatic carbocycles. The number of aryl methyl sites for hydroxylation is 2. The van der Waals surface area contributed by atoms with Crippen LogP contribution in [0.15, 0.2) is 52.1 Å². The molecule has 0 saturated heterocycles. The highest BCUT2D eigenvalue weighted by Gasteiger charge is 2.25. The number of benzene rings is 1. The van der Waals surface area contributed by atoms with Gasteiger partial charge in [0.25, 0.3) is 5.56 Å². The molecule has 1 fully saturated rings. The Morgan fingerprint density at radius 1 is 1.00 bits per heavy atom. The van der Waals surface area contributed by atoms with Crippen LogP contribution in [0.3, 0.4) is 0 Å². The van der Waals surface area contributed by atoms with Gasteiger partial charge in [0.15, 0.2) is 11.2 Å². The van der Waals surface area contributed by atoms with Gasteiger partial charge in [0.1, 0.15) is 11.9 Å². The van der Waals surface area contributed by atoms with Gasteiger partial charge in [-0.25, -0.2) is 14.8 Å². The molecule has 0 unspecified atom stereocenters. The Hall–Kier alpha value is -3.72. The van der Waals surface area contributed by atoms with Gasteiger partial charge >= 0.3 is 5.69 Å². The Morgan fingerprint density at radius 3 is 2.43 bits per heavy atom. The van der Waals surface area contributed by atoms with Crippen molar-refractivity contribution < 1.29 is 9.84 Å². The molecule has 3 heterocycles. The first kappa shape index (κ1) is 25.0. The van der Waals surface area contributed by atoms with Gasteiger partial charge in [-0.2, -0.15) is 0 Å². The summed E-state index contributed by atoms with van der Waals surface area (Å²) in [6.45, 7) is 4.71. The van der Waals surface area contributed by atoms with Crippen LogP contribution < -0.4 is 16.0 Å². The van der Waals surface area contributed by atoms with Gasteiger partial charge in [-0.05, 0) is 50.7 Å². The molecule has 0 amide bonds. The summed E-state index contributed by atoms with van der Waals surface area (Å²) < 4.78 is 10.7. The van der Waals surface area contributed by atoms with Crippen molar-refractivity contribution in [2.45, 2.75) is 71.7 Å². The highest BCUT2D eigenvalue weighted by atomic mass is 16.5. The molecule has 5 rings (SSSR count). The van der Waals surface area contributed by atoms with E-state index in [0.29, 0.717) is 48.8 Å². The molecule has 1 saturated carbocycles. The molecule has 1 aliphatic rings. The van der Waals surface area contributed by atoms with Crippen molar-refractivity contribution >= 4 is 11.2 Å². The Morgan fingerprint density at radius 2 is 1.78 bits per heavy atom. The smallest absolute Gasteiger partial charge is 0.332 e. The Labute approximate surface area is 215 Å². The Bertz CT molecular complexity index is 1520. The van der Waals surface area contributed by atoms with Crippen molar-refractivity contribution in [3.8, 4) is 17.3 Å². The van der Waals surface area contributed by atoms with E-state index in [1.54, 1.807) is 0 Å². The molecule has 194 valence electrons. The molecule has 0 aliphatic heterocycles. The van der Waals surface area contributed by atoms with Gasteiger partial charge in [0, 0.05) is 37.9 Å². The van der Waals surface area contributed by atoms with Gasteiger partial charge in [0.05, 0.1) is 5.69 Å². The number of fused-ring (bicyclic) bond motifs is 1. The van der Waals surface area contributed by atoms with Crippen LogP contribution >= 0.6 is 0 Å². The largest absolute Gasteiger partial charge is 0.474 e. The summed E-state index contributed by atoms with van der Waals surface area (Å²) in [5.74, 6) is 1.20. The number of pyridine rings is 1. The molecule has 37 heavy (non-hydrogen) atoms. The number of hydrogen-bond donors (Lipinski definition) is 1. The Kier molecular flexibility index (Phi) is 7.23. The molecule has 0 spiro atoms. The van der Waals surface area contributed by atoms with Gasteiger partial charge in [-0.3, -0.25) is 13.9 Å². The SMILES string of the molecule is CCc1nc(OC2CCC2)ccc1-c1nc2c(c(=O)n(CCCO)c(=O)n2CC)n1Cc1ccccc1. The van der Waals surface area contributed by atoms with Crippen LogP contribution in [0.25, 0.3) is 22.6 Å². The van der Waals surface area contributed by atoms with Crippen molar-refractivity contribution in [1.82, 2.24) is 23.7 Å². The van der Waals surface area contributed by atoms with Crippen molar-refractivity contribution in [3.63, 3.8) is 0 Å². The lowest BCUT2D eigenvalue weighted by Crippen LogP contribution is -2.40. The third-order valence-electron chi connectivity index (χ3n) is 7.02. The van der Waals surface area contributed by atoms with E-state index in [9.17, 15) is 14.7 Å². The molecule has 1 N–H and O–H groups in total. The van der Waals surface area contributed by atoms with E-state index < -0.39 is 11.2 Å². The van der Waals surface area contributed by atoms with Crippen LogP contribution in [-0.4, -0.2) is 41.5 Å². The Balaban J connectivity index is 1.74. The average molecular weight is 504 g/mol. The van der Waals surface area contributed by atoms with E-state index >= 15 is 0 Å². The van der Waals surface area contributed by atoms with E-state index in [2.05, 4.69) is 0 Å². The molecule has 0 bridgehead atoms. The maximum absolute atomic E-state index is 13.7. The maximum Gasteiger partial charge on any atom is 0.332 e. The van der Waals surface area contributed by atoms with Crippen molar-refractivity contribution in [1.29, 1.82) is 0 Å². The fourth-order valence-electron chi connectivity index (χ4n) is 4.81. The molecule has 1 aliphatic carbocycles. The number of nitrogens with zero attached hydrogens (tertiary/aromatic N) is 5. The third-order valence-corrected chi connectivity index (χ3v) is 7.02. The molecule has 3 aromatic heterocycles. The predicted molar refractivity (Wildman–Crippen MR) is 142 cm³/mol. The first-order chi connectivity index (χ1) is 18.0. The average Bonchev–Trinajstić information content (AvgIpc) is 3.25. The zero-order valence-electron chi connectivity index (χ0n) is 21.4. The topological polar surface area (TPSA) is 104 Å². The number of hydrogen-bond acceptors (Lipinski definition) is 6. The quantitative estimate of drug-likeness (QED) is 0.356. The van der Waals surface area contributed by atoms with Gasteiger partial charge < -0.3 is 14.4 Å². The van der Waals surface area contributed by atoms with E-state index in [4.69, 9.17) is 14.7 Å². The second kappa shape index (κ2) is 10.7. The lowest BCUT2D eigenvalue weighted by Gasteiger charge is -2.26. The van der Waals surface area contributed by atoms with Crippen LogP contribution in [0.5, 0.6) is 5.88 Å². The molecular weight excluding hydrogens is 470 g/mol. The van der Waals surface area contributed by atoms with Gasteiger partial charge in [-0.15, -0.1) is 0 Å². The highest BCUT2D eigenvalue weighted by molar-refractivity contribution is 5.78. The molecule has 9 nitrogen and oxygen atoms in total. The van der Waals surface area contributed by atoms with E-state index in [1.165, 1.54) is 15.6 Å². The van der Waals surface area contributed by atoms with Crippen LogP contribution in [0.1, 0.15) is 50.8 Å². The fourth-order valence-corrected chi connectivity index (χ4v) is 4.81. The number of ether oxygens (including phenoxy) is 1. The van der Waals surface area contributed by atoms with Crippen LogP contribution in [0.2, 0.25) is 0 Å². The van der Waals surface area contributed by atoms with Crippen molar-refractivity contribution in [3.05, 3.63) is 74.6 Å². The predicted octanol–water partition coefficient (Wildman–Crippen LogP) is 3.37. The van der Waals surface area contributed by atoms with E-state index in [1.807, 2.05) is 60.9 Å². The number of aliphatic hydroxyl groups excluding tert-OH is 1. The number of imidazole rings is 1. The first-order valence-corrected chi connectivity index (χ1v) is 13.1.